The summed E-state index contributed by atoms with van der Waals surface area (Å²) in [4.78, 5) is 33.3. The Morgan fingerprint density at radius 1 is 0.897 bits per heavy atom. The van der Waals surface area contributed by atoms with Gasteiger partial charge in [0.15, 0.2) is 11.2 Å². The van der Waals surface area contributed by atoms with Gasteiger partial charge in [0.25, 0.3) is 0 Å². The van der Waals surface area contributed by atoms with Crippen molar-refractivity contribution in [2.24, 2.45) is 0 Å². The number of halogens is 1. The molecule has 0 aliphatic carbocycles. The quantitative estimate of drug-likeness (QED) is 0.470. The number of rotatable bonds is 2. The number of pyridine rings is 3. The molecular formula is C22H14ClN5O. The van der Waals surface area contributed by atoms with Crippen LogP contribution >= 0.6 is 11.6 Å². The fourth-order valence-electron chi connectivity index (χ4n) is 3.38. The SMILES string of the molecule is Cc1ccnc2c(Cl)cc(-c3nc4c(=O)cc[nH]c4nc3-c3ccncc3)cc12. The Bertz CT molecular complexity index is 1450. The molecular weight excluding hydrogens is 386 g/mol. The minimum atomic E-state index is -0.196. The van der Waals surface area contributed by atoms with Crippen molar-refractivity contribution >= 4 is 33.7 Å². The van der Waals surface area contributed by atoms with E-state index in [1.807, 2.05) is 37.3 Å². The molecule has 0 spiro atoms. The van der Waals surface area contributed by atoms with E-state index >= 15 is 0 Å². The molecule has 5 rings (SSSR count). The maximum Gasteiger partial charge on any atom is 0.209 e. The molecule has 0 unspecified atom stereocenters. The lowest BCUT2D eigenvalue weighted by Crippen LogP contribution is -2.06. The molecule has 1 aromatic carbocycles. The van der Waals surface area contributed by atoms with Crippen LogP contribution < -0.4 is 5.43 Å². The molecule has 0 aliphatic heterocycles. The van der Waals surface area contributed by atoms with Crippen molar-refractivity contribution in [2.45, 2.75) is 6.92 Å². The summed E-state index contributed by atoms with van der Waals surface area (Å²) in [5.41, 5.74) is 5.11. The number of nitrogens with zero attached hydrogens (tertiary/aromatic N) is 4. The van der Waals surface area contributed by atoms with E-state index in [-0.39, 0.29) is 10.9 Å². The number of aromatic amines is 1. The number of hydrogen-bond donors (Lipinski definition) is 1. The first-order chi connectivity index (χ1) is 14.1. The van der Waals surface area contributed by atoms with Crippen LogP contribution in [0.15, 0.2) is 66.0 Å². The Labute approximate surface area is 170 Å². The van der Waals surface area contributed by atoms with E-state index in [9.17, 15) is 4.79 Å². The van der Waals surface area contributed by atoms with Crippen LogP contribution in [-0.2, 0) is 0 Å². The predicted molar refractivity (Wildman–Crippen MR) is 114 cm³/mol. The highest BCUT2D eigenvalue weighted by atomic mass is 35.5. The van der Waals surface area contributed by atoms with E-state index in [1.165, 1.54) is 6.07 Å². The summed E-state index contributed by atoms with van der Waals surface area (Å²) in [6.07, 6.45) is 6.69. The maximum atomic E-state index is 12.4. The summed E-state index contributed by atoms with van der Waals surface area (Å²) in [5, 5.41) is 1.45. The van der Waals surface area contributed by atoms with Gasteiger partial charge in [-0.3, -0.25) is 14.8 Å². The fraction of sp³-hybridized carbons (Fsp3) is 0.0455. The molecule has 4 aromatic heterocycles. The van der Waals surface area contributed by atoms with Gasteiger partial charge in [-0.1, -0.05) is 11.6 Å². The number of H-pyrrole nitrogens is 1. The molecule has 5 aromatic rings. The first-order valence-electron chi connectivity index (χ1n) is 8.97. The average Bonchev–Trinajstić information content (AvgIpc) is 2.74. The van der Waals surface area contributed by atoms with Gasteiger partial charge in [-0.25, -0.2) is 9.97 Å². The van der Waals surface area contributed by atoms with Gasteiger partial charge < -0.3 is 4.98 Å². The van der Waals surface area contributed by atoms with E-state index in [1.54, 1.807) is 24.8 Å². The molecule has 4 heterocycles. The third-order valence-electron chi connectivity index (χ3n) is 4.83. The number of benzene rings is 1. The molecule has 140 valence electrons. The number of fused-ring (bicyclic) bond motifs is 2. The monoisotopic (exact) mass is 399 g/mol. The van der Waals surface area contributed by atoms with Gasteiger partial charge in [-0.2, -0.15) is 0 Å². The zero-order chi connectivity index (χ0) is 20.0. The van der Waals surface area contributed by atoms with Crippen LogP contribution in [0.4, 0.5) is 0 Å². The summed E-state index contributed by atoms with van der Waals surface area (Å²) in [6.45, 7) is 2.00. The Balaban J connectivity index is 1.89. The topological polar surface area (TPSA) is 84.4 Å². The summed E-state index contributed by atoms with van der Waals surface area (Å²) >= 11 is 6.54. The minimum Gasteiger partial charge on any atom is -0.345 e. The van der Waals surface area contributed by atoms with Gasteiger partial charge in [-0.05, 0) is 42.8 Å². The molecule has 7 heteroatoms. The zero-order valence-electron chi connectivity index (χ0n) is 15.3. The molecule has 0 aliphatic rings. The number of aryl methyl sites for hydroxylation is 1. The standard InChI is InChI=1S/C22H14ClN5O/c1-12-2-8-25-20-15(12)10-14(11-16(20)23)19-18(13-3-6-24-7-4-13)28-22-21(27-19)17(29)5-9-26-22/h2-11H,1H3,(H,26,28,29). The second kappa shape index (κ2) is 6.76. The van der Waals surface area contributed by atoms with Crippen molar-refractivity contribution < 1.29 is 0 Å². The van der Waals surface area contributed by atoms with Crippen LogP contribution in [0, 0.1) is 6.92 Å². The Morgan fingerprint density at radius 3 is 2.52 bits per heavy atom. The summed E-state index contributed by atoms with van der Waals surface area (Å²) in [5.74, 6) is 0. The molecule has 0 radical (unpaired) electrons. The van der Waals surface area contributed by atoms with Gasteiger partial charge in [-0.15, -0.1) is 0 Å². The van der Waals surface area contributed by atoms with Crippen molar-refractivity contribution in [3.05, 3.63) is 82.0 Å². The zero-order valence-corrected chi connectivity index (χ0v) is 16.1. The number of hydrogen-bond acceptors (Lipinski definition) is 5. The van der Waals surface area contributed by atoms with Gasteiger partial charge in [0.1, 0.15) is 0 Å². The second-order valence-electron chi connectivity index (χ2n) is 6.68. The van der Waals surface area contributed by atoms with Gasteiger partial charge >= 0.3 is 0 Å². The van der Waals surface area contributed by atoms with Crippen LogP contribution in [0.5, 0.6) is 0 Å². The van der Waals surface area contributed by atoms with Gasteiger partial charge in [0.2, 0.25) is 5.43 Å². The van der Waals surface area contributed by atoms with E-state index < -0.39 is 0 Å². The van der Waals surface area contributed by atoms with Crippen molar-refractivity contribution in [2.75, 3.05) is 0 Å². The van der Waals surface area contributed by atoms with E-state index in [0.29, 0.717) is 22.1 Å². The summed E-state index contributed by atoms with van der Waals surface area (Å²) in [7, 11) is 0. The van der Waals surface area contributed by atoms with Crippen LogP contribution in [0.1, 0.15) is 5.56 Å². The van der Waals surface area contributed by atoms with Crippen LogP contribution in [-0.4, -0.2) is 24.9 Å². The van der Waals surface area contributed by atoms with Gasteiger partial charge in [0.05, 0.1) is 21.9 Å². The lowest BCUT2D eigenvalue weighted by molar-refractivity contribution is 1.21. The summed E-state index contributed by atoms with van der Waals surface area (Å²) < 4.78 is 0. The average molecular weight is 400 g/mol. The third-order valence-corrected chi connectivity index (χ3v) is 5.12. The molecule has 6 nitrogen and oxygen atoms in total. The van der Waals surface area contributed by atoms with Crippen LogP contribution in [0.2, 0.25) is 5.02 Å². The molecule has 0 saturated heterocycles. The molecule has 0 atom stereocenters. The first-order valence-corrected chi connectivity index (χ1v) is 9.35. The van der Waals surface area contributed by atoms with Crippen molar-refractivity contribution in [3.63, 3.8) is 0 Å². The van der Waals surface area contributed by atoms with Crippen molar-refractivity contribution in [1.82, 2.24) is 24.9 Å². The molecule has 0 saturated carbocycles. The summed E-state index contributed by atoms with van der Waals surface area (Å²) in [6, 6.07) is 10.9. The number of aromatic nitrogens is 5. The molecule has 1 N–H and O–H groups in total. The Kier molecular flexibility index (Phi) is 4.07. The van der Waals surface area contributed by atoms with Crippen LogP contribution in [0.25, 0.3) is 44.6 Å². The second-order valence-corrected chi connectivity index (χ2v) is 7.09. The highest BCUT2D eigenvalue weighted by Crippen LogP contribution is 2.35. The largest absolute Gasteiger partial charge is 0.345 e. The van der Waals surface area contributed by atoms with Gasteiger partial charge in [0, 0.05) is 47.4 Å². The van der Waals surface area contributed by atoms with E-state index in [4.69, 9.17) is 21.6 Å². The first kappa shape index (κ1) is 17.5. The minimum absolute atomic E-state index is 0.196. The smallest absolute Gasteiger partial charge is 0.209 e. The predicted octanol–water partition coefficient (Wildman–Crippen LogP) is 4.56. The lowest BCUT2D eigenvalue weighted by atomic mass is 10.0. The molecule has 29 heavy (non-hydrogen) atoms. The van der Waals surface area contributed by atoms with Crippen LogP contribution in [0.3, 0.4) is 0 Å². The maximum absolute atomic E-state index is 12.4. The van der Waals surface area contributed by atoms with Crippen molar-refractivity contribution in [1.29, 1.82) is 0 Å². The highest BCUT2D eigenvalue weighted by Gasteiger charge is 2.17. The molecule has 0 bridgehead atoms. The van der Waals surface area contributed by atoms with E-state index in [2.05, 4.69) is 15.0 Å². The highest BCUT2D eigenvalue weighted by molar-refractivity contribution is 6.35. The fourth-order valence-corrected chi connectivity index (χ4v) is 3.64. The Morgan fingerprint density at radius 2 is 1.69 bits per heavy atom. The lowest BCUT2D eigenvalue weighted by Gasteiger charge is -2.12. The van der Waals surface area contributed by atoms with E-state index in [0.717, 1.165) is 27.6 Å². The number of nitrogens with one attached hydrogen (secondary N) is 1. The normalized spacial score (nSPS) is 11.2. The van der Waals surface area contributed by atoms with Crippen molar-refractivity contribution in [3.8, 4) is 22.5 Å². The Hall–Kier alpha value is -3.64. The third kappa shape index (κ3) is 2.94. The molecule has 0 fully saturated rings. The molecule has 0 amide bonds.